The third kappa shape index (κ3) is 6.31. The van der Waals surface area contributed by atoms with Crippen LogP contribution in [0, 0.1) is 0 Å². The van der Waals surface area contributed by atoms with Crippen LogP contribution in [0.15, 0.2) is 0 Å². The van der Waals surface area contributed by atoms with Gasteiger partial charge in [0.25, 0.3) is 0 Å². The van der Waals surface area contributed by atoms with Crippen LogP contribution in [0.4, 0.5) is 0 Å². The van der Waals surface area contributed by atoms with Crippen molar-refractivity contribution in [3.8, 4) is 0 Å². The fourth-order valence-corrected chi connectivity index (χ4v) is 0.612. The molecule has 0 amide bonds. The van der Waals surface area contributed by atoms with Crippen molar-refractivity contribution in [2.24, 2.45) is 0 Å². The Kier molecular flexibility index (Phi) is 4.67. The molecule has 0 atom stereocenters. The Balaban J connectivity index is 2.68. The van der Waals surface area contributed by atoms with Crippen molar-refractivity contribution < 1.29 is 4.74 Å². The number of hydrogen-bond acceptors (Lipinski definition) is 2. The first-order valence-corrected chi connectivity index (χ1v) is 3.42. The molecule has 0 aromatic rings. The van der Waals surface area contributed by atoms with Crippen molar-refractivity contribution in [2.75, 3.05) is 13.0 Å². The maximum Gasteiger partial charge on any atom is 0.0919 e. The maximum atomic E-state index is 4.82. The Bertz CT molecular complexity index is 37.1. The van der Waals surface area contributed by atoms with Gasteiger partial charge in [-0.25, -0.2) is 0 Å². The summed E-state index contributed by atoms with van der Waals surface area (Å²) in [6.07, 6.45) is 0. The summed E-state index contributed by atoms with van der Waals surface area (Å²) in [5.74, 6) is 0.817. The van der Waals surface area contributed by atoms with Gasteiger partial charge in [-0.05, 0) is 0 Å². The van der Waals surface area contributed by atoms with Crippen LogP contribution < -0.4 is 0 Å². The van der Waals surface area contributed by atoms with E-state index in [4.69, 9.17) is 4.74 Å². The molecule has 0 saturated carbocycles. The topological polar surface area (TPSA) is 9.23 Å². The largest absolute Gasteiger partial charge is 0.374 e. The molecule has 0 radical (unpaired) electrons. The van der Waals surface area contributed by atoms with Gasteiger partial charge >= 0.3 is 0 Å². The Hall–Kier alpha value is 0.310. The zero-order valence-corrected chi connectivity index (χ0v) is 5.92. The van der Waals surface area contributed by atoms with E-state index in [1.165, 1.54) is 0 Å². The molecule has 2 heteroatoms. The third-order valence-corrected chi connectivity index (χ3v) is 1.56. The Morgan fingerprint density at radius 3 is 2.29 bits per heavy atom. The van der Waals surface area contributed by atoms with Gasteiger partial charge in [-0.2, -0.15) is 0 Å². The first-order valence-electron chi connectivity index (χ1n) is 2.38. The first kappa shape index (κ1) is 7.31. The molecule has 0 N–H and O–H groups in total. The Morgan fingerprint density at radius 2 is 2.14 bits per heavy atom. The summed E-state index contributed by atoms with van der Waals surface area (Å²) in [5, 5.41) is 0.694. The van der Waals surface area contributed by atoms with E-state index in [-0.39, 0.29) is 0 Å². The fraction of sp³-hybridized carbons (Fsp3) is 1.00. The van der Waals surface area contributed by atoms with E-state index in [9.17, 15) is 0 Å². The van der Waals surface area contributed by atoms with Gasteiger partial charge < -0.3 is 4.74 Å². The third-order valence-electron chi connectivity index (χ3n) is 0.519. The van der Waals surface area contributed by atoms with Crippen molar-refractivity contribution in [1.29, 1.82) is 0 Å². The van der Waals surface area contributed by atoms with E-state index in [0.29, 0.717) is 5.25 Å². The van der Waals surface area contributed by atoms with E-state index in [0.717, 1.165) is 5.94 Å². The van der Waals surface area contributed by atoms with Gasteiger partial charge in [-0.1, -0.05) is 13.8 Å². The molecular formula is C5H12OS. The fourth-order valence-electron chi connectivity index (χ4n) is 0.204. The van der Waals surface area contributed by atoms with Crippen molar-refractivity contribution in [3.63, 3.8) is 0 Å². The summed E-state index contributed by atoms with van der Waals surface area (Å²) in [5.41, 5.74) is 0. The monoisotopic (exact) mass is 120 g/mol. The average molecular weight is 120 g/mol. The van der Waals surface area contributed by atoms with Gasteiger partial charge in [0, 0.05) is 12.4 Å². The van der Waals surface area contributed by atoms with Crippen LogP contribution in [0.2, 0.25) is 0 Å². The number of rotatable bonds is 3. The smallest absolute Gasteiger partial charge is 0.0919 e. The molecule has 0 bridgehead atoms. The zero-order chi connectivity index (χ0) is 5.70. The van der Waals surface area contributed by atoms with Gasteiger partial charge in [-0.3, -0.25) is 0 Å². The normalized spacial score (nSPS) is 10.3. The molecule has 0 saturated heterocycles. The lowest BCUT2D eigenvalue weighted by molar-refractivity contribution is 0.258. The Morgan fingerprint density at radius 1 is 1.57 bits per heavy atom. The highest BCUT2D eigenvalue weighted by Crippen LogP contribution is 2.06. The van der Waals surface area contributed by atoms with Crippen LogP contribution >= 0.6 is 11.8 Å². The summed E-state index contributed by atoms with van der Waals surface area (Å²) in [7, 11) is 1.72. The van der Waals surface area contributed by atoms with Crippen LogP contribution in [0.25, 0.3) is 0 Å². The van der Waals surface area contributed by atoms with Crippen LogP contribution in [0.5, 0.6) is 0 Å². The van der Waals surface area contributed by atoms with Crippen molar-refractivity contribution in [3.05, 3.63) is 0 Å². The quantitative estimate of drug-likeness (QED) is 0.524. The molecule has 44 valence electrons. The molecule has 0 aromatic heterocycles. The van der Waals surface area contributed by atoms with Crippen LogP contribution in [-0.2, 0) is 4.74 Å². The molecule has 0 spiro atoms. The molecule has 0 aliphatic rings. The molecular weight excluding hydrogens is 108 g/mol. The molecule has 0 fully saturated rings. The highest BCUT2D eigenvalue weighted by molar-refractivity contribution is 7.99. The Labute approximate surface area is 49.4 Å². The lowest BCUT2D eigenvalue weighted by atomic mass is 10.6. The predicted molar refractivity (Wildman–Crippen MR) is 34.6 cm³/mol. The summed E-state index contributed by atoms with van der Waals surface area (Å²) in [6.45, 7) is 4.31. The van der Waals surface area contributed by atoms with Gasteiger partial charge in [-0.15, -0.1) is 11.8 Å². The molecule has 0 unspecified atom stereocenters. The number of ether oxygens (including phenoxy) is 1. The van der Waals surface area contributed by atoms with Gasteiger partial charge in [0.2, 0.25) is 0 Å². The molecule has 0 aromatic carbocycles. The van der Waals surface area contributed by atoms with Gasteiger partial charge in [0.05, 0.1) is 5.94 Å². The number of thioether (sulfide) groups is 1. The minimum absolute atomic E-state index is 0.694. The molecule has 7 heavy (non-hydrogen) atoms. The standard InChI is InChI=1S/C5H12OS/c1-5(2)7-4-6-3/h5H,4H2,1-3H3. The molecule has 1 nitrogen and oxygen atoms in total. The lowest BCUT2D eigenvalue weighted by Crippen LogP contribution is -1.89. The number of hydrogen-bond donors (Lipinski definition) is 0. The van der Waals surface area contributed by atoms with Crippen molar-refractivity contribution in [1.82, 2.24) is 0 Å². The second-order valence-electron chi connectivity index (χ2n) is 1.62. The maximum absolute atomic E-state index is 4.82. The lowest BCUT2D eigenvalue weighted by Gasteiger charge is -1.99. The zero-order valence-electron chi connectivity index (χ0n) is 5.10. The summed E-state index contributed by atoms with van der Waals surface area (Å²) in [4.78, 5) is 0. The van der Waals surface area contributed by atoms with Crippen molar-refractivity contribution >= 4 is 11.8 Å². The SMILES string of the molecule is COCSC(C)C. The second-order valence-corrected chi connectivity index (χ2v) is 3.13. The average Bonchev–Trinajstić information content (AvgIpc) is 1.61. The van der Waals surface area contributed by atoms with Crippen LogP contribution in [0.1, 0.15) is 13.8 Å². The van der Waals surface area contributed by atoms with E-state index >= 15 is 0 Å². The minimum atomic E-state index is 0.694. The van der Waals surface area contributed by atoms with E-state index in [1.54, 1.807) is 7.11 Å². The highest BCUT2D eigenvalue weighted by atomic mass is 32.2. The first-order chi connectivity index (χ1) is 3.27. The van der Waals surface area contributed by atoms with Gasteiger partial charge in [0.1, 0.15) is 0 Å². The van der Waals surface area contributed by atoms with E-state index < -0.39 is 0 Å². The van der Waals surface area contributed by atoms with E-state index in [1.807, 2.05) is 11.8 Å². The minimum Gasteiger partial charge on any atom is -0.374 e. The summed E-state index contributed by atoms with van der Waals surface area (Å²) < 4.78 is 4.82. The molecule has 0 aliphatic carbocycles. The van der Waals surface area contributed by atoms with Gasteiger partial charge in [0.15, 0.2) is 0 Å². The summed E-state index contributed by atoms with van der Waals surface area (Å²) >= 11 is 1.81. The number of methoxy groups -OCH3 is 1. The summed E-state index contributed by atoms with van der Waals surface area (Å²) in [6, 6.07) is 0. The van der Waals surface area contributed by atoms with Crippen LogP contribution in [-0.4, -0.2) is 18.3 Å². The van der Waals surface area contributed by atoms with E-state index in [2.05, 4.69) is 13.8 Å². The van der Waals surface area contributed by atoms with Crippen LogP contribution in [0.3, 0.4) is 0 Å². The molecule has 0 aliphatic heterocycles. The predicted octanol–water partition coefficient (Wildman–Crippen LogP) is 1.73. The second kappa shape index (κ2) is 4.47. The van der Waals surface area contributed by atoms with Crippen molar-refractivity contribution in [2.45, 2.75) is 19.1 Å². The molecule has 0 heterocycles. The molecule has 0 rings (SSSR count). The highest BCUT2D eigenvalue weighted by Gasteiger charge is 1.88.